The largest absolute Gasteiger partial charge is 0.323 e. The van der Waals surface area contributed by atoms with E-state index in [2.05, 4.69) is 9.71 Å². The molecular formula is C17H16FN3O3S2. The van der Waals surface area contributed by atoms with Crippen LogP contribution in [0.3, 0.4) is 0 Å². The van der Waals surface area contributed by atoms with Crippen LogP contribution < -0.4 is 10.2 Å². The van der Waals surface area contributed by atoms with Crippen molar-refractivity contribution in [3.63, 3.8) is 0 Å². The second-order valence-corrected chi connectivity index (χ2v) is 7.89. The van der Waals surface area contributed by atoms with Crippen molar-refractivity contribution in [2.24, 2.45) is 4.40 Å². The molecule has 0 spiro atoms. The Hall–Kier alpha value is -2.39. The minimum atomic E-state index is -3.81. The highest BCUT2D eigenvalue weighted by Crippen LogP contribution is 2.33. The summed E-state index contributed by atoms with van der Waals surface area (Å²) in [7, 11) is -3.81. The Bertz CT molecular complexity index is 977. The van der Waals surface area contributed by atoms with Gasteiger partial charge in [-0.05, 0) is 31.2 Å². The van der Waals surface area contributed by atoms with Gasteiger partial charge < -0.3 is 10.2 Å². The number of anilines is 2. The van der Waals surface area contributed by atoms with Crippen LogP contribution in [-0.2, 0) is 14.8 Å². The highest BCUT2D eigenvalue weighted by molar-refractivity contribution is 8.15. The van der Waals surface area contributed by atoms with E-state index in [9.17, 15) is 17.6 Å². The highest BCUT2D eigenvalue weighted by Gasteiger charge is 2.30. The van der Waals surface area contributed by atoms with E-state index in [1.807, 2.05) is 6.92 Å². The maximum atomic E-state index is 13.6. The number of rotatable bonds is 4. The van der Waals surface area contributed by atoms with Gasteiger partial charge in [0, 0.05) is 6.54 Å². The molecule has 1 aliphatic rings. The molecule has 1 N–H and O–H groups in total. The summed E-state index contributed by atoms with van der Waals surface area (Å²) in [6, 6.07) is 12.4. The zero-order valence-corrected chi connectivity index (χ0v) is 15.5. The summed E-state index contributed by atoms with van der Waals surface area (Å²) in [5.41, 5.74) is 0.607. The number of nitrogens with one attached hydrogen (secondary N) is 1. The van der Waals surface area contributed by atoms with E-state index in [0.29, 0.717) is 12.2 Å². The summed E-state index contributed by atoms with van der Waals surface area (Å²) >= 11 is 0.991. The Labute approximate surface area is 155 Å². The van der Waals surface area contributed by atoms with Crippen molar-refractivity contribution < 1.29 is 17.6 Å². The molecule has 0 aromatic heterocycles. The maximum Gasteiger partial charge on any atom is 0.286 e. The molecule has 0 fully saturated rings. The van der Waals surface area contributed by atoms with Crippen molar-refractivity contribution in [2.45, 2.75) is 11.8 Å². The Morgan fingerprint density at radius 2 is 1.88 bits per heavy atom. The average molecular weight is 393 g/mol. The normalized spacial score (nSPS) is 15.2. The predicted molar refractivity (Wildman–Crippen MR) is 102 cm³/mol. The van der Waals surface area contributed by atoms with Crippen LogP contribution in [0.2, 0.25) is 0 Å². The van der Waals surface area contributed by atoms with Crippen LogP contribution in [0.5, 0.6) is 0 Å². The van der Waals surface area contributed by atoms with E-state index in [-0.39, 0.29) is 21.5 Å². The third-order valence-corrected chi connectivity index (χ3v) is 6.07. The molecule has 0 aliphatic carbocycles. The van der Waals surface area contributed by atoms with E-state index in [0.717, 1.165) is 11.8 Å². The van der Waals surface area contributed by atoms with Crippen LogP contribution >= 0.6 is 11.8 Å². The number of fused-ring (bicyclic) bond motifs is 1. The van der Waals surface area contributed by atoms with Crippen molar-refractivity contribution >= 4 is 44.2 Å². The summed E-state index contributed by atoms with van der Waals surface area (Å²) < 4.78 is 42.1. The van der Waals surface area contributed by atoms with Crippen LogP contribution in [0.25, 0.3) is 0 Å². The third-order valence-electron chi connectivity index (χ3n) is 3.66. The van der Waals surface area contributed by atoms with Gasteiger partial charge in [0.15, 0.2) is 5.17 Å². The summed E-state index contributed by atoms with van der Waals surface area (Å²) in [5, 5.41) is 2.68. The van der Waals surface area contributed by atoms with E-state index in [4.69, 9.17) is 0 Å². The smallest absolute Gasteiger partial charge is 0.286 e. The molecule has 0 atom stereocenters. The lowest BCUT2D eigenvalue weighted by atomic mass is 10.3. The Kier molecular flexibility index (Phi) is 5.28. The first-order chi connectivity index (χ1) is 12.4. The average Bonchev–Trinajstić information content (AvgIpc) is 2.62. The van der Waals surface area contributed by atoms with Crippen LogP contribution in [-0.4, -0.2) is 31.8 Å². The number of sulfonamides is 1. The van der Waals surface area contributed by atoms with Gasteiger partial charge in [-0.1, -0.05) is 36.0 Å². The number of thioether (sulfide) groups is 1. The molecule has 9 heteroatoms. The fourth-order valence-corrected chi connectivity index (χ4v) is 4.81. The first kappa shape index (κ1) is 18.4. The number of nitrogens with zero attached hydrogens (tertiary/aromatic N) is 2. The molecule has 0 unspecified atom stereocenters. The fourth-order valence-electron chi connectivity index (χ4n) is 2.49. The summed E-state index contributed by atoms with van der Waals surface area (Å²) in [4.78, 5) is 14.0. The van der Waals surface area contributed by atoms with Crippen molar-refractivity contribution in [3.8, 4) is 0 Å². The number of halogens is 1. The molecule has 26 heavy (non-hydrogen) atoms. The monoisotopic (exact) mass is 393 g/mol. The lowest BCUT2D eigenvalue weighted by molar-refractivity contribution is -0.113. The molecule has 0 radical (unpaired) electrons. The first-order valence-electron chi connectivity index (χ1n) is 7.81. The number of carbonyl (C=O) groups excluding carboxylic acids is 1. The zero-order chi connectivity index (χ0) is 18.7. The van der Waals surface area contributed by atoms with Gasteiger partial charge in [-0.15, -0.1) is 4.40 Å². The first-order valence-corrected chi connectivity index (χ1v) is 10.2. The molecule has 0 saturated heterocycles. The van der Waals surface area contributed by atoms with Gasteiger partial charge in [-0.3, -0.25) is 4.79 Å². The Morgan fingerprint density at radius 1 is 1.19 bits per heavy atom. The molecule has 1 aliphatic heterocycles. The molecular weight excluding hydrogens is 377 g/mol. The molecule has 1 amide bonds. The Balaban J connectivity index is 1.76. The van der Waals surface area contributed by atoms with Gasteiger partial charge in [0.1, 0.15) is 10.7 Å². The van der Waals surface area contributed by atoms with Crippen LogP contribution in [0.1, 0.15) is 6.92 Å². The van der Waals surface area contributed by atoms with E-state index >= 15 is 0 Å². The molecule has 0 bridgehead atoms. The molecule has 2 aromatic carbocycles. The number of amides is 1. The van der Waals surface area contributed by atoms with Gasteiger partial charge in [-0.25, -0.2) is 4.39 Å². The zero-order valence-electron chi connectivity index (χ0n) is 13.8. The van der Waals surface area contributed by atoms with Gasteiger partial charge in [-0.2, -0.15) is 8.42 Å². The molecule has 1 heterocycles. The highest BCUT2D eigenvalue weighted by atomic mass is 32.2. The van der Waals surface area contributed by atoms with E-state index in [1.165, 1.54) is 24.3 Å². The summed E-state index contributed by atoms with van der Waals surface area (Å²) in [5.74, 6) is -1.08. The second kappa shape index (κ2) is 7.46. The molecule has 0 saturated carbocycles. The standard InChI is InChI=1S/C17H16FN3O3S2/c1-2-21-14-9-5-6-10-15(14)26(23,24)20-17(21)25-11-16(22)19-13-8-4-3-7-12(13)18/h3-10H,2,11H2,1H3,(H,19,22). The second-order valence-electron chi connectivity index (χ2n) is 5.38. The van der Waals surface area contributed by atoms with Crippen LogP contribution in [0.4, 0.5) is 15.8 Å². The van der Waals surface area contributed by atoms with Crippen LogP contribution in [0, 0.1) is 5.82 Å². The maximum absolute atomic E-state index is 13.6. The third kappa shape index (κ3) is 3.73. The number of amidine groups is 1. The van der Waals surface area contributed by atoms with Crippen molar-refractivity contribution in [1.82, 2.24) is 0 Å². The quantitative estimate of drug-likeness (QED) is 0.864. The summed E-state index contributed by atoms with van der Waals surface area (Å²) in [6.07, 6.45) is 0. The lowest BCUT2D eigenvalue weighted by Gasteiger charge is -2.29. The van der Waals surface area contributed by atoms with E-state index in [1.54, 1.807) is 29.2 Å². The summed E-state index contributed by atoms with van der Waals surface area (Å²) in [6.45, 7) is 2.36. The number of benzene rings is 2. The molecule has 2 aromatic rings. The van der Waals surface area contributed by atoms with Crippen LogP contribution in [0.15, 0.2) is 57.8 Å². The molecule has 136 valence electrons. The predicted octanol–water partition coefficient (Wildman–Crippen LogP) is 3.08. The lowest BCUT2D eigenvalue weighted by Crippen LogP contribution is -2.34. The number of carbonyl (C=O) groups is 1. The van der Waals surface area contributed by atoms with Gasteiger partial charge >= 0.3 is 0 Å². The van der Waals surface area contributed by atoms with Gasteiger partial charge in [0.05, 0.1) is 17.1 Å². The number of para-hydroxylation sites is 2. The van der Waals surface area contributed by atoms with E-state index < -0.39 is 21.7 Å². The fraction of sp³-hybridized carbons (Fsp3) is 0.176. The number of hydrogen-bond donors (Lipinski definition) is 1. The van der Waals surface area contributed by atoms with Crippen molar-refractivity contribution in [3.05, 3.63) is 54.3 Å². The minimum Gasteiger partial charge on any atom is -0.323 e. The van der Waals surface area contributed by atoms with Gasteiger partial charge in [0.25, 0.3) is 10.0 Å². The van der Waals surface area contributed by atoms with Crippen molar-refractivity contribution in [1.29, 1.82) is 0 Å². The number of hydrogen-bond acceptors (Lipinski definition) is 5. The minimum absolute atomic E-state index is 0.0778. The van der Waals surface area contributed by atoms with Gasteiger partial charge in [0.2, 0.25) is 5.91 Å². The molecule has 6 nitrogen and oxygen atoms in total. The SMILES string of the molecule is CCN1C(SCC(=O)Nc2ccccc2F)=NS(=O)(=O)c2ccccc21. The molecule has 3 rings (SSSR count). The topological polar surface area (TPSA) is 78.8 Å². The Morgan fingerprint density at radius 3 is 2.62 bits per heavy atom. The van der Waals surface area contributed by atoms with Crippen molar-refractivity contribution in [2.75, 3.05) is 22.5 Å².